The van der Waals surface area contributed by atoms with Gasteiger partial charge in [0.2, 0.25) is 0 Å². The Balaban J connectivity index is 2.34. The first-order valence-electron chi connectivity index (χ1n) is 6.84. The molecule has 1 fully saturated rings. The van der Waals surface area contributed by atoms with Crippen molar-refractivity contribution in [1.82, 2.24) is 5.32 Å². The Bertz CT molecular complexity index is 452. The van der Waals surface area contributed by atoms with Crippen LogP contribution in [-0.2, 0) is 0 Å². The van der Waals surface area contributed by atoms with E-state index in [1.807, 2.05) is 12.1 Å². The van der Waals surface area contributed by atoms with Crippen LogP contribution in [0.1, 0.15) is 38.3 Å². The third-order valence-electron chi connectivity index (χ3n) is 3.79. The maximum atomic E-state index is 6.21. The van der Waals surface area contributed by atoms with Crippen LogP contribution in [0.15, 0.2) is 16.6 Å². The third kappa shape index (κ3) is 3.45. The van der Waals surface area contributed by atoms with E-state index in [0.717, 1.165) is 34.1 Å². The molecule has 0 aromatic heterocycles. The van der Waals surface area contributed by atoms with Crippen LogP contribution in [0.4, 0.5) is 0 Å². The fraction of sp³-hybridized carbons (Fsp3) is 0.600. The van der Waals surface area contributed by atoms with Gasteiger partial charge >= 0.3 is 0 Å². The van der Waals surface area contributed by atoms with Gasteiger partial charge in [0.25, 0.3) is 0 Å². The van der Waals surface area contributed by atoms with Gasteiger partial charge in [0.15, 0.2) is 0 Å². The van der Waals surface area contributed by atoms with Gasteiger partial charge in [-0.2, -0.15) is 0 Å². The highest BCUT2D eigenvalue weighted by Crippen LogP contribution is 2.50. The quantitative estimate of drug-likeness (QED) is 0.798. The number of hydrogen-bond acceptors (Lipinski definition) is 2. The zero-order valence-electron chi connectivity index (χ0n) is 11.7. The molecule has 1 aromatic rings. The molecular formula is C15H21BrClNO. The van der Waals surface area contributed by atoms with E-state index in [9.17, 15) is 0 Å². The van der Waals surface area contributed by atoms with E-state index in [0.29, 0.717) is 12.0 Å². The van der Waals surface area contributed by atoms with Gasteiger partial charge in [-0.1, -0.05) is 25.4 Å². The second-order valence-electron chi connectivity index (χ2n) is 5.32. The Kier molecular flexibility index (Phi) is 5.15. The molecule has 3 unspecified atom stereocenters. The number of methoxy groups -OCH3 is 1. The lowest BCUT2D eigenvalue weighted by Crippen LogP contribution is -2.25. The number of nitrogens with one attached hydrogen (secondary N) is 1. The monoisotopic (exact) mass is 345 g/mol. The molecule has 0 amide bonds. The number of halogens is 2. The number of ether oxygens (including phenoxy) is 1. The van der Waals surface area contributed by atoms with E-state index in [2.05, 4.69) is 35.1 Å². The molecule has 1 aromatic carbocycles. The smallest absolute Gasteiger partial charge is 0.137 e. The summed E-state index contributed by atoms with van der Waals surface area (Å²) in [6, 6.07) is 4.25. The first-order valence-corrected chi connectivity index (χ1v) is 8.01. The van der Waals surface area contributed by atoms with Crippen molar-refractivity contribution in [3.05, 3.63) is 27.2 Å². The predicted molar refractivity (Wildman–Crippen MR) is 84.0 cm³/mol. The SMILES string of the molecule is CCCNC(c1cc(Cl)cc(Br)c1OC)C1CC1C. The minimum Gasteiger partial charge on any atom is -0.495 e. The summed E-state index contributed by atoms with van der Waals surface area (Å²) in [5.74, 6) is 2.36. The highest BCUT2D eigenvalue weighted by atomic mass is 79.9. The lowest BCUT2D eigenvalue weighted by atomic mass is 9.99. The van der Waals surface area contributed by atoms with Gasteiger partial charge in [-0.15, -0.1) is 0 Å². The van der Waals surface area contributed by atoms with Crippen molar-refractivity contribution in [3.8, 4) is 5.75 Å². The van der Waals surface area contributed by atoms with Gasteiger partial charge in [-0.05, 0) is 59.3 Å². The zero-order chi connectivity index (χ0) is 14.0. The Hall–Kier alpha value is -0.250. The summed E-state index contributed by atoms with van der Waals surface area (Å²) < 4.78 is 6.48. The Morgan fingerprint density at radius 2 is 2.21 bits per heavy atom. The van der Waals surface area contributed by atoms with Crippen LogP contribution in [0.5, 0.6) is 5.75 Å². The highest BCUT2D eigenvalue weighted by molar-refractivity contribution is 9.10. The topological polar surface area (TPSA) is 21.3 Å². The lowest BCUT2D eigenvalue weighted by molar-refractivity contribution is 0.385. The predicted octanol–water partition coefficient (Wildman–Crippen LogP) is 4.81. The maximum absolute atomic E-state index is 6.21. The van der Waals surface area contributed by atoms with Gasteiger partial charge in [0.1, 0.15) is 5.75 Å². The second-order valence-corrected chi connectivity index (χ2v) is 6.61. The van der Waals surface area contributed by atoms with Crippen molar-refractivity contribution >= 4 is 27.5 Å². The van der Waals surface area contributed by atoms with Gasteiger partial charge in [-0.3, -0.25) is 0 Å². The fourth-order valence-electron chi connectivity index (χ4n) is 2.63. The van der Waals surface area contributed by atoms with Crippen molar-refractivity contribution in [2.45, 2.75) is 32.7 Å². The van der Waals surface area contributed by atoms with Gasteiger partial charge in [-0.25, -0.2) is 0 Å². The van der Waals surface area contributed by atoms with Crippen LogP contribution in [-0.4, -0.2) is 13.7 Å². The average Bonchev–Trinajstić information content (AvgIpc) is 3.06. The van der Waals surface area contributed by atoms with E-state index >= 15 is 0 Å². The van der Waals surface area contributed by atoms with Crippen molar-refractivity contribution in [3.63, 3.8) is 0 Å². The minimum atomic E-state index is 0.333. The van der Waals surface area contributed by atoms with E-state index < -0.39 is 0 Å². The Morgan fingerprint density at radius 3 is 2.74 bits per heavy atom. The van der Waals surface area contributed by atoms with Crippen molar-refractivity contribution in [2.75, 3.05) is 13.7 Å². The first kappa shape index (κ1) is 15.1. The summed E-state index contributed by atoms with van der Waals surface area (Å²) in [6.45, 7) is 5.50. The first-order chi connectivity index (χ1) is 9.08. The molecule has 2 rings (SSSR count). The molecule has 2 nitrogen and oxygen atoms in total. The molecular weight excluding hydrogens is 326 g/mol. The molecule has 0 bridgehead atoms. The van der Waals surface area contributed by atoms with Crippen molar-refractivity contribution in [2.24, 2.45) is 11.8 Å². The molecule has 3 atom stereocenters. The summed E-state index contributed by atoms with van der Waals surface area (Å²) >= 11 is 9.75. The molecule has 1 aliphatic rings. The summed E-state index contributed by atoms with van der Waals surface area (Å²) in [5, 5.41) is 4.40. The van der Waals surface area contributed by atoms with Crippen LogP contribution in [0.3, 0.4) is 0 Å². The van der Waals surface area contributed by atoms with Gasteiger partial charge < -0.3 is 10.1 Å². The number of benzene rings is 1. The largest absolute Gasteiger partial charge is 0.495 e. The van der Waals surface area contributed by atoms with Crippen LogP contribution >= 0.6 is 27.5 Å². The zero-order valence-corrected chi connectivity index (χ0v) is 14.0. The lowest BCUT2D eigenvalue weighted by Gasteiger charge is -2.22. The molecule has 19 heavy (non-hydrogen) atoms. The minimum absolute atomic E-state index is 0.333. The van der Waals surface area contributed by atoms with Crippen LogP contribution in [0, 0.1) is 11.8 Å². The van der Waals surface area contributed by atoms with Crippen molar-refractivity contribution < 1.29 is 4.74 Å². The molecule has 4 heteroatoms. The van der Waals surface area contributed by atoms with E-state index in [-0.39, 0.29) is 0 Å². The highest BCUT2D eigenvalue weighted by Gasteiger charge is 2.41. The fourth-order valence-corrected chi connectivity index (χ4v) is 3.63. The third-order valence-corrected chi connectivity index (χ3v) is 4.60. The van der Waals surface area contributed by atoms with Gasteiger partial charge in [0.05, 0.1) is 11.6 Å². The standard InChI is InChI=1S/C15H21BrClNO/c1-4-5-18-14(11-6-9(11)2)12-7-10(17)8-13(16)15(12)19-3/h7-9,11,14,18H,4-6H2,1-3H3. The summed E-state index contributed by atoms with van der Waals surface area (Å²) in [4.78, 5) is 0. The summed E-state index contributed by atoms with van der Waals surface area (Å²) in [7, 11) is 1.71. The van der Waals surface area contributed by atoms with Crippen LogP contribution in [0.25, 0.3) is 0 Å². The molecule has 0 aliphatic heterocycles. The van der Waals surface area contributed by atoms with Gasteiger partial charge in [0, 0.05) is 16.6 Å². The number of rotatable bonds is 6. The van der Waals surface area contributed by atoms with Crippen LogP contribution < -0.4 is 10.1 Å². The molecule has 1 aliphatic carbocycles. The summed E-state index contributed by atoms with van der Waals surface area (Å²) in [5.41, 5.74) is 1.17. The molecule has 0 heterocycles. The molecule has 1 saturated carbocycles. The van der Waals surface area contributed by atoms with E-state index in [1.165, 1.54) is 12.0 Å². The van der Waals surface area contributed by atoms with Crippen LogP contribution in [0.2, 0.25) is 5.02 Å². The van der Waals surface area contributed by atoms with E-state index in [4.69, 9.17) is 16.3 Å². The second kappa shape index (κ2) is 6.47. The average molecular weight is 347 g/mol. The molecule has 0 spiro atoms. The summed E-state index contributed by atoms with van der Waals surface area (Å²) in [6.07, 6.45) is 2.40. The molecule has 106 valence electrons. The molecule has 0 radical (unpaired) electrons. The molecule has 1 N–H and O–H groups in total. The Labute approximate surface area is 129 Å². The van der Waals surface area contributed by atoms with E-state index in [1.54, 1.807) is 7.11 Å². The van der Waals surface area contributed by atoms with Crippen molar-refractivity contribution in [1.29, 1.82) is 0 Å². The number of hydrogen-bond donors (Lipinski definition) is 1. The maximum Gasteiger partial charge on any atom is 0.137 e. The molecule has 0 saturated heterocycles. The normalized spacial score (nSPS) is 23.2. The Morgan fingerprint density at radius 1 is 1.53 bits per heavy atom.